The number of nitro benzene ring substituents is 1. The highest BCUT2D eigenvalue weighted by Crippen LogP contribution is 2.28. The van der Waals surface area contributed by atoms with Crippen molar-refractivity contribution >= 4 is 12.0 Å². The Morgan fingerprint density at radius 3 is 2.58 bits per heavy atom. The van der Waals surface area contributed by atoms with E-state index in [9.17, 15) is 14.9 Å². The van der Waals surface area contributed by atoms with Gasteiger partial charge in [0.1, 0.15) is 6.29 Å². The number of hydrogen-bond acceptors (Lipinski definition) is 8. The van der Waals surface area contributed by atoms with Gasteiger partial charge in [0.15, 0.2) is 18.1 Å². The zero-order valence-corrected chi connectivity index (χ0v) is 13.6. The van der Waals surface area contributed by atoms with Gasteiger partial charge in [-0.05, 0) is 30.3 Å². The summed E-state index contributed by atoms with van der Waals surface area (Å²) in [6, 6.07) is 10.5. The van der Waals surface area contributed by atoms with Crippen molar-refractivity contribution in [2.24, 2.45) is 0 Å². The molecule has 9 heteroatoms. The molecular weight excluding hydrogens is 342 g/mol. The molecular formula is C17H13N3O6. The van der Waals surface area contributed by atoms with E-state index >= 15 is 0 Å². The fourth-order valence-electron chi connectivity index (χ4n) is 2.17. The lowest BCUT2D eigenvalue weighted by molar-refractivity contribution is -0.384. The van der Waals surface area contributed by atoms with Crippen LogP contribution in [0.25, 0.3) is 11.5 Å². The van der Waals surface area contributed by atoms with E-state index in [0.29, 0.717) is 28.9 Å². The Hall–Kier alpha value is -3.75. The van der Waals surface area contributed by atoms with Gasteiger partial charge in [-0.2, -0.15) is 0 Å². The summed E-state index contributed by atoms with van der Waals surface area (Å²) in [5.74, 6) is 1.28. The maximum absolute atomic E-state index is 10.8. The smallest absolute Gasteiger partial charge is 0.269 e. The number of hydrogen-bond donors (Lipinski definition) is 0. The Kier molecular flexibility index (Phi) is 4.88. The fourth-order valence-corrected chi connectivity index (χ4v) is 2.17. The number of nitrogens with zero attached hydrogens (tertiary/aromatic N) is 3. The summed E-state index contributed by atoms with van der Waals surface area (Å²) >= 11 is 0. The van der Waals surface area contributed by atoms with Crippen molar-refractivity contribution in [3.63, 3.8) is 0 Å². The lowest BCUT2D eigenvalue weighted by atomic mass is 10.2. The molecule has 3 aromatic rings. The van der Waals surface area contributed by atoms with E-state index in [2.05, 4.69) is 10.2 Å². The van der Waals surface area contributed by atoms with E-state index in [4.69, 9.17) is 13.9 Å². The summed E-state index contributed by atoms with van der Waals surface area (Å²) in [5, 5.41) is 18.5. The van der Waals surface area contributed by atoms with Crippen LogP contribution in [0.3, 0.4) is 0 Å². The van der Waals surface area contributed by atoms with Crippen molar-refractivity contribution in [2.75, 3.05) is 7.11 Å². The van der Waals surface area contributed by atoms with Crippen LogP contribution < -0.4 is 9.47 Å². The van der Waals surface area contributed by atoms with Crippen molar-refractivity contribution in [3.8, 4) is 23.0 Å². The van der Waals surface area contributed by atoms with Crippen LogP contribution in [0.4, 0.5) is 5.69 Å². The van der Waals surface area contributed by atoms with Crippen LogP contribution in [0.1, 0.15) is 16.2 Å². The minimum absolute atomic E-state index is 0.00320. The Labute approximate surface area is 147 Å². The molecule has 0 saturated heterocycles. The first kappa shape index (κ1) is 17.1. The second kappa shape index (κ2) is 7.43. The summed E-state index contributed by atoms with van der Waals surface area (Å²) < 4.78 is 16.3. The molecule has 132 valence electrons. The van der Waals surface area contributed by atoms with Gasteiger partial charge >= 0.3 is 0 Å². The second-order valence-electron chi connectivity index (χ2n) is 5.12. The normalized spacial score (nSPS) is 10.3. The highest BCUT2D eigenvalue weighted by Gasteiger charge is 2.13. The molecule has 9 nitrogen and oxygen atoms in total. The lowest BCUT2D eigenvalue weighted by Gasteiger charge is -2.09. The van der Waals surface area contributed by atoms with E-state index in [1.807, 2.05) is 0 Å². The van der Waals surface area contributed by atoms with Gasteiger partial charge in [-0.3, -0.25) is 14.9 Å². The monoisotopic (exact) mass is 355 g/mol. The maximum Gasteiger partial charge on any atom is 0.269 e. The second-order valence-corrected chi connectivity index (χ2v) is 5.12. The van der Waals surface area contributed by atoms with Crippen molar-refractivity contribution in [3.05, 3.63) is 64.0 Å². The van der Waals surface area contributed by atoms with Crippen LogP contribution in [0.2, 0.25) is 0 Å². The first-order valence-electron chi connectivity index (χ1n) is 7.44. The number of aldehydes is 1. The van der Waals surface area contributed by atoms with Crippen molar-refractivity contribution in [2.45, 2.75) is 6.61 Å². The minimum Gasteiger partial charge on any atom is -0.493 e. The number of nitro groups is 1. The Morgan fingerprint density at radius 1 is 1.15 bits per heavy atom. The average molecular weight is 355 g/mol. The average Bonchev–Trinajstić information content (AvgIpc) is 3.15. The lowest BCUT2D eigenvalue weighted by Crippen LogP contribution is -1.98. The van der Waals surface area contributed by atoms with Crippen molar-refractivity contribution < 1.29 is 23.6 Å². The molecule has 0 aliphatic heterocycles. The topological polar surface area (TPSA) is 118 Å². The van der Waals surface area contributed by atoms with E-state index in [1.54, 1.807) is 18.2 Å². The minimum atomic E-state index is -0.486. The Morgan fingerprint density at radius 2 is 1.92 bits per heavy atom. The van der Waals surface area contributed by atoms with E-state index in [-0.39, 0.29) is 24.1 Å². The summed E-state index contributed by atoms with van der Waals surface area (Å²) in [4.78, 5) is 21.0. The van der Waals surface area contributed by atoms with Crippen LogP contribution in [0.5, 0.6) is 11.5 Å². The van der Waals surface area contributed by atoms with E-state index < -0.39 is 4.92 Å². The van der Waals surface area contributed by atoms with Crippen molar-refractivity contribution in [1.29, 1.82) is 0 Å². The number of aromatic nitrogens is 2. The van der Waals surface area contributed by atoms with Crippen LogP contribution in [-0.2, 0) is 6.61 Å². The SMILES string of the molecule is COc1cc(C=O)ccc1OCc1nnc(-c2ccc([N+](=O)[O-])cc2)o1. The number of carbonyl (C=O) groups excluding carboxylic acids is 1. The molecule has 3 rings (SSSR count). The molecule has 0 radical (unpaired) electrons. The quantitative estimate of drug-likeness (QED) is 0.360. The molecule has 0 amide bonds. The van der Waals surface area contributed by atoms with Gasteiger partial charge < -0.3 is 13.9 Å². The predicted molar refractivity (Wildman–Crippen MR) is 89.1 cm³/mol. The predicted octanol–water partition coefficient (Wildman–Crippen LogP) is 3.04. The molecule has 0 unspecified atom stereocenters. The molecule has 2 aromatic carbocycles. The Balaban J connectivity index is 1.71. The Bertz CT molecular complexity index is 936. The third-order valence-electron chi connectivity index (χ3n) is 3.47. The molecule has 1 aromatic heterocycles. The van der Waals surface area contributed by atoms with Crippen LogP contribution in [0, 0.1) is 10.1 Å². The van der Waals surface area contributed by atoms with E-state index in [1.165, 1.54) is 31.4 Å². The fraction of sp³-hybridized carbons (Fsp3) is 0.118. The highest BCUT2D eigenvalue weighted by atomic mass is 16.6. The van der Waals surface area contributed by atoms with Crippen LogP contribution in [-0.4, -0.2) is 28.5 Å². The first-order valence-corrected chi connectivity index (χ1v) is 7.44. The molecule has 0 aliphatic carbocycles. The molecule has 0 fully saturated rings. The number of non-ortho nitro benzene ring substituents is 1. The van der Waals surface area contributed by atoms with Gasteiger partial charge in [-0.15, -0.1) is 10.2 Å². The van der Waals surface area contributed by atoms with Gasteiger partial charge in [0.25, 0.3) is 11.6 Å². The molecule has 0 bridgehead atoms. The third-order valence-corrected chi connectivity index (χ3v) is 3.47. The third kappa shape index (κ3) is 3.66. The van der Waals surface area contributed by atoms with Gasteiger partial charge in [-0.25, -0.2) is 0 Å². The van der Waals surface area contributed by atoms with Gasteiger partial charge in [-0.1, -0.05) is 0 Å². The summed E-state index contributed by atoms with van der Waals surface area (Å²) in [5.41, 5.74) is 0.998. The number of methoxy groups -OCH3 is 1. The summed E-state index contributed by atoms with van der Waals surface area (Å²) in [6.45, 7) is -0.00320. The number of carbonyl (C=O) groups is 1. The largest absolute Gasteiger partial charge is 0.493 e. The molecule has 0 atom stereocenters. The summed E-state index contributed by atoms with van der Waals surface area (Å²) in [6.07, 6.45) is 0.709. The summed E-state index contributed by atoms with van der Waals surface area (Å²) in [7, 11) is 1.47. The first-order chi connectivity index (χ1) is 12.6. The molecule has 1 heterocycles. The van der Waals surface area contributed by atoms with Gasteiger partial charge in [0.2, 0.25) is 5.89 Å². The van der Waals surface area contributed by atoms with Crippen LogP contribution in [0.15, 0.2) is 46.9 Å². The maximum atomic E-state index is 10.8. The molecule has 0 spiro atoms. The van der Waals surface area contributed by atoms with Crippen molar-refractivity contribution in [1.82, 2.24) is 10.2 Å². The zero-order chi connectivity index (χ0) is 18.5. The molecule has 0 saturated carbocycles. The number of rotatable bonds is 7. The van der Waals surface area contributed by atoms with Gasteiger partial charge in [0, 0.05) is 23.3 Å². The zero-order valence-electron chi connectivity index (χ0n) is 13.6. The molecule has 0 N–H and O–H groups in total. The number of ether oxygens (including phenoxy) is 2. The molecule has 26 heavy (non-hydrogen) atoms. The highest BCUT2D eigenvalue weighted by molar-refractivity contribution is 5.76. The van der Waals surface area contributed by atoms with Gasteiger partial charge in [0.05, 0.1) is 12.0 Å². The molecule has 0 aliphatic rings. The van der Waals surface area contributed by atoms with Crippen LogP contribution >= 0.6 is 0 Å². The van der Waals surface area contributed by atoms with E-state index in [0.717, 1.165) is 0 Å². The standard InChI is InChI=1S/C17H13N3O6/c1-24-15-8-11(9-21)2-7-14(15)25-10-16-18-19-17(26-16)12-3-5-13(6-4-12)20(22)23/h2-9H,10H2,1H3. The number of benzene rings is 2.